The summed E-state index contributed by atoms with van der Waals surface area (Å²) in [5.74, 6) is -0.141. The molecule has 0 aliphatic heterocycles. The van der Waals surface area contributed by atoms with Crippen LogP contribution in [0.3, 0.4) is 0 Å². The standard InChI is InChI=1S/C10H13NO3S/c1-14-7-2-4-8(5-3-7)15-9(6-11)10(12)13/h2-5,9H,6,11H2,1H3,(H,12,13). The van der Waals surface area contributed by atoms with Crippen LogP contribution in [0.5, 0.6) is 5.75 Å². The molecule has 0 amide bonds. The molecular formula is C10H13NO3S. The van der Waals surface area contributed by atoms with Gasteiger partial charge in [-0.3, -0.25) is 4.79 Å². The summed E-state index contributed by atoms with van der Waals surface area (Å²) >= 11 is 1.24. The summed E-state index contributed by atoms with van der Waals surface area (Å²) in [7, 11) is 1.59. The largest absolute Gasteiger partial charge is 0.497 e. The highest BCUT2D eigenvalue weighted by atomic mass is 32.2. The third-order valence-electron chi connectivity index (χ3n) is 1.83. The Morgan fingerprint density at radius 2 is 2.13 bits per heavy atom. The molecule has 0 heterocycles. The van der Waals surface area contributed by atoms with E-state index in [0.29, 0.717) is 0 Å². The Labute approximate surface area is 92.4 Å². The summed E-state index contributed by atoms with van der Waals surface area (Å²) in [4.78, 5) is 11.6. The monoisotopic (exact) mass is 227 g/mol. The minimum Gasteiger partial charge on any atom is -0.497 e. The molecule has 1 atom stereocenters. The maximum atomic E-state index is 10.7. The fourth-order valence-corrected chi connectivity index (χ4v) is 1.84. The Bertz CT molecular complexity index is 326. The van der Waals surface area contributed by atoms with E-state index in [1.54, 1.807) is 19.2 Å². The van der Waals surface area contributed by atoms with Gasteiger partial charge in [0.1, 0.15) is 11.0 Å². The summed E-state index contributed by atoms with van der Waals surface area (Å²) in [5.41, 5.74) is 5.35. The Kier molecular flexibility index (Phi) is 4.45. The normalized spacial score (nSPS) is 12.1. The van der Waals surface area contributed by atoms with Crippen LogP contribution in [-0.2, 0) is 4.79 Å². The number of carboxylic acid groups (broad SMARTS) is 1. The van der Waals surface area contributed by atoms with E-state index >= 15 is 0 Å². The van der Waals surface area contributed by atoms with Gasteiger partial charge < -0.3 is 15.6 Å². The molecule has 15 heavy (non-hydrogen) atoms. The number of hydrogen-bond acceptors (Lipinski definition) is 4. The van der Waals surface area contributed by atoms with Crippen molar-refractivity contribution in [3.63, 3.8) is 0 Å². The quantitative estimate of drug-likeness (QED) is 0.739. The lowest BCUT2D eigenvalue weighted by Gasteiger charge is -2.09. The van der Waals surface area contributed by atoms with Crippen molar-refractivity contribution in [2.45, 2.75) is 10.1 Å². The van der Waals surface area contributed by atoms with E-state index in [-0.39, 0.29) is 6.54 Å². The number of methoxy groups -OCH3 is 1. The zero-order valence-electron chi connectivity index (χ0n) is 8.34. The molecule has 0 saturated heterocycles. The van der Waals surface area contributed by atoms with E-state index in [4.69, 9.17) is 15.6 Å². The van der Waals surface area contributed by atoms with Gasteiger partial charge in [0.15, 0.2) is 0 Å². The molecule has 5 heteroatoms. The minimum absolute atomic E-state index is 0.117. The Hall–Kier alpha value is -1.20. The molecule has 0 spiro atoms. The molecule has 1 rings (SSSR count). The fourth-order valence-electron chi connectivity index (χ4n) is 1.02. The summed E-state index contributed by atoms with van der Waals surface area (Å²) in [5, 5.41) is 8.21. The first-order chi connectivity index (χ1) is 7.17. The number of thioether (sulfide) groups is 1. The molecule has 0 aliphatic carbocycles. The van der Waals surface area contributed by atoms with Gasteiger partial charge in [-0.2, -0.15) is 0 Å². The van der Waals surface area contributed by atoms with Gasteiger partial charge in [-0.25, -0.2) is 0 Å². The second-order valence-corrected chi connectivity index (χ2v) is 4.13. The lowest BCUT2D eigenvalue weighted by molar-refractivity contribution is -0.136. The van der Waals surface area contributed by atoms with Crippen molar-refractivity contribution in [2.24, 2.45) is 5.73 Å². The minimum atomic E-state index is -0.890. The first-order valence-corrected chi connectivity index (χ1v) is 5.29. The van der Waals surface area contributed by atoms with Gasteiger partial charge in [0, 0.05) is 11.4 Å². The van der Waals surface area contributed by atoms with Gasteiger partial charge >= 0.3 is 5.97 Å². The molecule has 82 valence electrons. The zero-order valence-corrected chi connectivity index (χ0v) is 9.16. The number of rotatable bonds is 5. The van der Waals surface area contributed by atoms with Crippen LogP contribution < -0.4 is 10.5 Å². The highest BCUT2D eigenvalue weighted by Gasteiger charge is 2.16. The van der Waals surface area contributed by atoms with Crippen molar-refractivity contribution in [1.29, 1.82) is 0 Å². The van der Waals surface area contributed by atoms with Crippen LogP contribution in [0.25, 0.3) is 0 Å². The first kappa shape index (κ1) is 11.9. The van der Waals surface area contributed by atoms with Crippen molar-refractivity contribution in [3.8, 4) is 5.75 Å². The molecule has 0 aliphatic rings. The third kappa shape index (κ3) is 3.45. The van der Waals surface area contributed by atoms with Crippen LogP contribution in [0.2, 0.25) is 0 Å². The van der Waals surface area contributed by atoms with E-state index in [0.717, 1.165) is 10.6 Å². The maximum Gasteiger partial charge on any atom is 0.318 e. The summed E-state index contributed by atoms with van der Waals surface area (Å²) < 4.78 is 5.00. The summed E-state index contributed by atoms with van der Waals surface area (Å²) in [6, 6.07) is 7.21. The Morgan fingerprint density at radius 1 is 1.53 bits per heavy atom. The van der Waals surface area contributed by atoms with Crippen molar-refractivity contribution in [1.82, 2.24) is 0 Å². The molecule has 1 unspecified atom stereocenters. The number of benzene rings is 1. The number of aliphatic carboxylic acids is 1. The molecule has 0 saturated carbocycles. The van der Waals surface area contributed by atoms with Crippen molar-refractivity contribution >= 4 is 17.7 Å². The van der Waals surface area contributed by atoms with Crippen LogP contribution in [0.4, 0.5) is 0 Å². The number of hydrogen-bond donors (Lipinski definition) is 2. The fraction of sp³-hybridized carbons (Fsp3) is 0.300. The second kappa shape index (κ2) is 5.63. The predicted octanol–water partition coefficient (Wildman–Crippen LogP) is 1.20. The first-order valence-electron chi connectivity index (χ1n) is 4.41. The van der Waals surface area contributed by atoms with E-state index in [9.17, 15) is 4.79 Å². The molecule has 0 fully saturated rings. The van der Waals surface area contributed by atoms with Crippen LogP contribution in [0, 0.1) is 0 Å². The van der Waals surface area contributed by atoms with Gasteiger partial charge in [-0.15, -0.1) is 11.8 Å². The number of carboxylic acids is 1. The molecule has 0 radical (unpaired) electrons. The van der Waals surface area contributed by atoms with Crippen LogP contribution >= 0.6 is 11.8 Å². The molecule has 1 aromatic rings. The topological polar surface area (TPSA) is 72.5 Å². The summed E-state index contributed by atoms with van der Waals surface area (Å²) in [6.45, 7) is 0.117. The summed E-state index contributed by atoms with van der Waals surface area (Å²) in [6.07, 6.45) is 0. The van der Waals surface area contributed by atoms with Gasteiger partial charge in [-0.1, -0.05) is 0 Å². The Balaban J connectivity index is 2.67. The molecule has 4 nitrogen and oxygen atoms in total. The highest BCUT2D eigenvalue weighted by Crippen LogP contribution is 2.25. The molecule has 0 aromatic heterocycles. The van der Waals surface area contributed by atoms with E-state index in [2.05, 4.69) is 0 Å². The lowest BCUT2D eigenvalue weighted by atomic mass is 10.3. The average molecular weight is 227 g/mol. The number of ether oxygens (including phenoxy) is 1. The maximum absolute atomic E-state index is 10.7. The van der Waals surface area contributed by atoms with Crippen LogP contribution in [0.15, 0.2) is 29.2 Å². The van der Waals surface area contributed by atoms with Gasteiger partial charge in [0.05, 0.1) is 7.11 Å². The highest BCUT2D eigenvalue weighted by molar-refractivity contribution is 8.00. The van der Waals surface area contributed by atoms with E-state index in [1.807, 2.05) is 12.1 Å². The third-order valence-corrected chi connectivity index (χ3v) is 3.05. The SMILES string of the molecule is COc1ccc(SC(CN)C(=O)O)cc1. The molecule has 1 aromatic carbocycles. The Morgan fingerprint density at radius 3 is 2.53 bits per heavy atom. The van der Waals surface area contributed by atoms with Crippen LogP contribution in [-0.4, -0.2) is 30.0 Å². The predicted molar refractivity (Wildman–Crippen MR) is 59.3 cm³/mol. The van der Waals surface area contributed by atoms with E-state index in [1.165, 1.54) is 11.8 Å². The van der Waals surface area contributed by atoms with E-state index < -0.39 is 11.2 Å². The average Bonchev–Trinajstić information content (AvgIpc) is 2.26. The van der Waals surface area contributed by atoms with Crippen LogP contribution in [0.1, 0.15) is 0 Å². The smallest absolute Gasteiger partial charge is 0.318 e. The van der Waals surface area contributed by atoms with Gasteiger partial charge in [0.25, 0.3) is 0 Å². The molecule has 0 bridgehead atoms. The van der Waals surface area contributed by atoms with Gasteiger partial charge in [-0.05, 0) is 24.3 Å². The molecular weight excluding hydrogens is 214 g/mol. The van der Waals surface area contributed by atoms with Crippen molar-refractivity contribution < 1.29 is 14.6 Å². The van der Waals surface area contributed by atoms with Crippen molar-refractivity contribution in [3.05, 3.63) is 24.3 Å². The van der Waals surface area contributed by atoms with Crippen molar-refractivity contribution in [2.75, 3.05) is 13.7 Å². The number of nitrogens with two attached hydrogens (primary N) is 1. The molecule has 3 N–H and O–H groups in total. The zero-order chi connectivity index (χ0) is 11.3. The van der Waals surface area contributed by atoms with Gasteiger partial charge in [0.2, 0.25) is 0 Å². The second-order valence-electron chi connectivity index (χ2n) is 2.86. The number of carbonyl (C=O) groups is 1. The lowest BCUT2D eigenvalue weighted by Crippen LogP contribution is -2.25.